The van der Waals surface area contributed by atoms with Crippen molar-refractivity contribution in [1.29, 1.82) is 0 Å². The highest BCUT2D eigenvalue weighted by Gasteiger charge is 2.31. The van der Waals surface area contributed by atoms with E-state index in [1.54, 1.807) is 4.68 Å². The summed E-state index contributed by atoms with van der Waals surface area (Å²) in [6, 6.07) is 0. The molecule has 0 saturated heterocycles. The molecule has 96 valence electrons. The number of alkyl halides is 2. The molecular formula is C10H12F2N6. The Labute approximate surface area is 101 Å². The molecule has 1 saturated carbocycles. The van der Waals surface area contributed by atoms with Crippen molar-refractivity contribution < 1.29 is 8.78 Å². The molecule has 18 heavy (non-hydrogen) atoms. The van der Waals surface area contributed by atoms with Crippen LogP contribution in [-0.4, -0.2) is 24.5 Å². The van der Waals surface area contributed by atoms with Gasteiger partial charge in [0.05, 0.1) is 5.69 Å². The molecular weight excluding hydrogens is 242 g/mol. The Morgan fingerprint density at radius 2 is 2.22 bits per heavy atom. The van der Waals surface area contributed by atoms with Crippen LogP contribution >= 0.6 is 0 Å². The summed E-state index contributed by atoms with van der Waals surface area (Å²) in [5.74, 6) is 0.986. The fourth-order valence-corrected chi connectivity index (χ4v) is 2.01. The topological polar surface area (TPSA) is 74.6 Å². The lowest BCUT2D eigenvalue weighted by Gasteiger charge is -2.08. The molecule has 0 unspecified atom stereocenters. The van der Waals surface area contributed by atoms with Crippen LogP contribution in [0, 0.1) is 0 Å². The highest BCUT2D eigenvalue weighted by molar-refractivity contribution is 5.38. The number of nitrogen functional groups attached to an aromatic ring is 1. The smallest absolute Gasteiger partial charge is 0.319 e. The highest BCUT2D eigenvalue weighted by Crippen LogP contribution is 2.42. The number of nitrogens with zero attached hydrogens (tertiary/aromatic N) is 5. The van der Waals surface area contributed by atoms with Crippen LogP contribution < -0.4 is 5.73 Å². The van der Waals surface area contributed by atoms with Gasteiger partial charge < -0.3 is 5.73 Å². The van der Waals surface area contributed by atoms with E-state index < -0.39 is 6.55 Å². The second-order valence-electron chi connectivity index (χ2n) is 4.32. The van der Waals surface area contributed by atoms with E-state index in [9.17, 15) is 8.78 Å². The standard InChI is InChI=1S/C10H12F2N6/c11-10(12)17-4-3-14-7(17)5-18-8(6-1-2-6)9(13)15-16-18/h3-4,6,10H,1-2,5,13H2. The first-order chi connectivity index (χ1) is 8.66. The lowest BCUT2D eigenvalue weighted by Crippen LogP contribution is -2.12. The lowest BCUT2D eigenvalue weighted by atomic mass is 10.3. The number of aromatic nitrogens is 5. The molecule has 1 aliphatic rings. The summed E-state index contributed by atoms with van der Waals surface area (Å²) < 4.78 is 27.8. The van der Waals surface area contributed by atoms with Crippen molar-refractivity contribution in [2.45, 2.75) is 31.9 Å². The van der Waals surface area contributed by atoms with Gasteiger partial charge in [-0.1, -0.05) is 5.21 Å². The molecule has 0 atom stereocenters. The lowest BCUT2D eigenvalue weighted by molar-refractivity contribution is 0.0665. The van der Waals surface area contributed by atoms with Crippen LogP contribution in [0.3, 0.4) is 0 Å². The second-order valence-corrected chi connectivity index (χ2v) is 4.32. The third-order valence-corrected chi connectivity index (χ3v) is 3.02. The zero-order valence-corrected chi connectivity index (χ0v) is 9.50. The summed E-state index contributed by atoms with van der Waals surface area (Å²) in [6.45, 7) is -2.44. The van der Waals surface area contributed by atoms with Gasteiger partial charge in [0.25, 0.3) is 0 Å². The Morgan fingerprint density at radius 3 is 2.89 bits per heavy atom. The SMILES string of the molecule is Nc1nnn(Cc2nccn2C(F)F)c1C1CC1. The third kappa shape index (κ3) is 1.83. The van der Waals surface area contributed by atoms with Crippen molar-refractivity contribution in [3.8, 4) is 0 Å². The predicted molar refractivity (Wildman–Crippen MR) is 59.0 cm³/mol. The molecule has 2 aromatic heterocycles. The normalized spacial score (nSPS) is 15.5. The van der Waals surface area contributed by atoms with Gasteiger partial charge >= 0.3 is 6.55 Å². The van der Waals surface area contributed by atoms with Crippen molar-refractivity contribution >= 4 is 5.82 Å². The maximum absolute atomic E-state index is 12.7. The van der Waals surface area contributed by atoms with Gasteiger partial charge in [-0.25, -0.2) is 9.67 Å². The second kappa shape index (κ2) is 4.04. The van der Waals surface area contributed by atoms with E-state index in [2.05, 4.69) is 15.3 Å². The average Bonchev–Trinajstić information content (AvgIpc) is 2.93. The highest BCUT2D eigenvalue weighted by atomic mass is 19.3. The van der Waals surface area contributed by atoms with E-state index in [1.165, 1.54) is 12.4 Å². The molecule has 2 aromatic rings. The molecule has 1 fully saturated rings. The van der Waals surface area contributed by atoms with Gasteiger partial charge in [-0.05, 0) is 12.8 Å². The Hall–Kier alpha value is -1.99. The van der Waals surface area contributed by atoms with Crippen LogP contribution in [0.2, 0.25) is 0 Å². The Kier molecular flexibility index (Phi) is 2.49. The molecule has 6 nitrogen and oxygen atoms in total. The number of anilines is 1. The van der Waals surface area contributed by atoms with Gasteiger partial charge in [-0.2, -0.15) is 8.78 Å². The number of hydrogen-bond acceptors (Lipinski definition) is 4. The monoisotopic (exact) mass is 254 g/mol. The minimum absolute atomic E-state index is 0.160. The molecule has 0 radical (unpaired) electrons. The summed E-state index contributed by atoms with van der Waals surface area (Å²) in [5.41, 5.74) is 6.57. The molecule has 0 bridgehead atoms. The summed E-state index contributed by atoms with van der Waals surface area (Å²) in [4.78, 5) is 3.92. The quantitative estimate of drug-likeness (QED) is 0.894. The maximum atomic E-state index is 12.7. The molecule has 0 spiro atoms. The molecule has 0 aliphatic heterocycles. The predicted octanol–water partition coefficient (Wildman–Crippen LogP) is 1.38. The largest absolute Gasteiger partial charge is 0.381 e. The number of nitrogens with two attached hydrogens (primary N) is 1. The molecule has 2 heterocycles. The summed E-state index contributed by atoms with van der Waals surface area (Å²) in [5, 5.41) is 7.69. The van der Waals surface area contributed by atoms with Crippen LogP contribution in [-0.2, 0) is 6.54 Å². The van der Waals surface area contributed by atoms with Gasteiger partial charge in [-0.15, -0.1) is 5.10 Å². The number of hydrogen-bond donors (Lipinski definition) is 1. The summed E-state index contributed by atoms with van der Waals surface area (Å²) in [7, 11) is 0. The van der Waals surface area contributed by atoms with E-state index in [1.807, 2.05) is 0 Å². The van der Waals surface area contributed by atoms with Crippen molar-refractivity contribution in [3.05, 3.63) is 23.9 Å². The third-order valence-electron chi connectivity index (χ3n) is 3.02. The molecule has 2 N–H and O–H groups in total. The Balaban J connectivity index is 1.90. The van der Waals surface area contributed by atoms with Crippen molar-refractivity contribution in [1.82, 2.24) is 24.5 Å². The first-order valence-corrected chi connectivity index (χ1v) is 5.65. The number of rotatable bonds is 4. The molecule has 3 rings (SSSR count). The zero-order chi connectivity index (χ0) is 12.7. The summed E-state index contributed by atoms with van der Waals surface area (Å²) >= 11 is 0. The fraction of sp³-hybridized carbons (Fsp3) is 0.500. The minimum Gasteiger partial charge on any atom is -0.381 e. The molecule has 1 aliphatic carbocycles. The Bertz CT molecular complexity index is 556. The van der Waals surface area contributed by atoms with E-state index in [0.29, 0.717) is 11.7 Å². The van der Waals surface area contributed by atoms with Crippen molar-refractivity contribution in [2.24, 2.45) is 0 Å². The van der Waals surface area contributed by atoms with E-state index in [0.717, 1.165) is 23.1 Å². The van der Waals surface area contributed by atoms with Crippen molar-refractivity contribution in [3.63, 3.8) is 0 Å². The average molecular weight is 254 g/mol. The van der Waals surface area contributed by atoms with Crippen LogP contribution in [0.4, 0.5) is 14.6 Å². The number of imidazole rings is 1. The zero-order valence-electron chi connectivity index (χ0n) is 9.50. The van der Waals surface area contributed by atoms with Gasteiger partial charge in [0.15, 0.2) is 5.82 Å². The van der Waals surface area contributed by atoms with Crippen LogP contribution in [0.15, 0.2) is 12.4 Å². The van der Waals surface area contributed by atoms with Crippen LogP contribution in [0.25, 0.3) is 0 Å². The van der Waals surface area contributed by atoms with E-state index >= 15 is 0 Å². The van der Waals surface area contributed by atoms with Gasteiger partial charge in [0, 0.05) is 18.3 Å². The van der Waals surface area contributed by atoms with E-state index in [-0.39, 0.29) is 12.4 Å². The Morgan fingerprint density at radius 1 is 1.44 bits per heavy atom. The number of halogens is 2. The fourth-order valence-electron chi connectivity index (χ4n) is 2.01. The van der Waals surface area contributed by atoms with Gasteiger partial charge in [0.1, 0.15) is 12.4 Å². The van der Waals surface area contributed by atoms with Gasteiger partial charge in [-0.3, -0.25) is 4.57 Å². The van der Waals surface area contributed by atoms with Crippen molar-refractivity contribution in [2.75, 3.05) is 5.73 Å². The van der Waals surface area contributed by atoms with Crippen LogP contribution in [0.1, 0.15) is 36.8 Å². The first kappa shape index (κ1) is 11.1. The minimum atomic E-state index is -2.60. The molecule has 0 aromatic carbocycles. The first-order valence-electron chi connectivity index (χ1n) is 5.65. The van der Waals surface area contributed by atoms with Crippen LogP contribution in [0.5, 0.6) is 0 Å². The van der Waals surface area contributed by atoms with E-state index in [4.69, 9.17) is 5.73 Å². The summed E-state index contributed by atoms with van der Waals surface area (Å²) in [6.07, 6.45) is 4.68. The molecule has 8 heteroatoms. The maximum Gasteiger partial charge on any atom is 0.319 e. The van der Waals surface area contributed by atoms with Gasteiger partial charge in [0.2, 0.25) is 0 Å². The molecule has 0 amide bonds.